The molecule has 0 spiro atoms. The van der Waals surface area contributed by atoms with Crippen molar-refractivity contribution in [2.75, 3.05) is 6.54 Å². The third-order valence-corrected chi connectivity index (χ3v) is 2.32. The smallest absolute Gasteiger partial charge is 0.138 e. The quantitative estimate of drug-likeness (QED) is 0.900. The van der Waals surface area contributed by atoms with Gasteiger partial charge in [-0.3, -0.25) is 4.79 Å². The van der Waals surface area contributed by atoms with Crippen molar-refractivity contribution >= 4 is 21.7 Å². The Balaban J connectivity index is 2.72. The number of nitrogens with two attached hydrogens (primary N) is 1. The zero-order chi connectivity index (χ0) is 10.6. The monoisotopic (exact) mass is 259 g/mol. The average molecular weight is 260 g/mol. The van der Waals surface area contributed by atoms with Crippen molar-refractivity contribution in [2.24, 2.45) is 5.73 Å². The fraction of sp³-hybridized carbons (Fsp3) is 0.300. The molecule has 0 aromatic heterocycles. The molecule has 2 nitrogen and oxygen atoms in total. The Kier molecular flexibility index (Phi) is 4.22. The molecule has 0 saturated carbocycles. The fourth-order valence-corrected chi connectivity index (χ4v) is 1.46. The molecule has 0 aliphatic carbocycles. The normalized spacial score (nSPS) is 10.2. The Morgan fingerprint density at radius 1 is 1.50 bits per heavy atom. The van der Waals surface area contributed by atoms with Crippen molar-refractivity contribution in [3.05, 3.63) is 34.1 Å². The molecule has 0 atom stereocenters. The van der Waals surface area contributed by atoms with Gasteiger partial charge >= 0.3 is 0 Å². The molecule has 76 valence electrons. The third-order valence-electron chi connectivity index (χ3n) is 1.83. The number of hydrogen-bond donors (Lipinski definition) is 1. The number of benzene rings is 1. The summed E-state index contributed by atoms with van der Waals surface area (Å²) in [7, 11) is 0. The highest BCUT2D eigenvalue weighted by atomic mass is 79.9. The topological polar surface area (TPSA) is 43.1 Å². The first-order valence-corrected chi connectivity index (χ1v) is 5.08. The van der Waals surface area contributed by atoms with E-state index in [-0.39, 0.29) is 18.0 Å². The lowest BCUT2D eigenvalue weighted by Crippen LogP contribution is -2.10. The van der Waals surface area contributed by atoms with Crippen molar-refractivity contribution in [1.29, 1.82) is 0 Å². The zero-order valence-corrected chi connectivity index (χ0v) is 9.18. The largest absolute Gasteiger partial charge is 0.330 e. The number of rotatable bonds is 4. The van der Waals surface area contributed by atoms with Crippen LogP contribution < -0.4 is 5.73 Å². The van der Waals surface area contributed by atoms with E-state index >= 15 is 0 Å². The molecule has 0 aliphatic heterocycles. The summed E-state index contributed by atoms with van der Waals surface area (Å²) in [4.78, 5) is 11.2. The molecule has 1 aromatic rings. The summed E-state index contributed by atoms with van der Waals surface area (Å²) in [5.74, 6) is -0.390. The van der Waals surface area contributed by atoms with E-state index in [1.165, 1.54) is 6.07 Å². The van der Waals surface area contributed by atoms with Gasteiger partial charge in [0.15, 0.2) is 0 Å². The Bertz CT molecular complexity index is 341. The highest BCUT2D eigenvalue weighted by Crippen LogP contribution is 2.16. The Hall–Kier alpha value is -0.740. The molecule has 0 amide bonds. The number of hydrogen-bond acceptors (Lipinski definition) is 2. The van der Waals surface area contributed by atoms with E-state index in [9.17, 15) is 9.18 Å². The summed E-state index contributed by atoms with van der Waals surface area (Å²) in [6, 6.07) is 4.67. The second kappa shape index (κ2) is 5.22. The van der Waals surface area contributed by atoms with Gasteiger partial charge in [0.2, 0.25) is 0 Å². The van der Waals surface area contributed by atoms with E-state index in [4.69, 9.17) is 5.73 Å². The first-order chi connectivity index (χ1) is 6.63. The molecule has 0 bridgehead atoms. The van der Waals surface area contributed by atoms with Gasteiger partial charge in [-0.2, -0.15) is 0 Å². The molecule has 1 rings (SSSR count). The lowest BCUT2D eigenvalue weighted by molar-refractivity contribution is -0.118. The van der Waals surface area contributed by atoms with E-state index in [2.05, 4.69) is 15.9 Å². The maximum Gasteiger partial charge on any atom is 0.138 e. The molecule has 0 saturated heterocycles. The van der Waals surface area contributed by atoms with Crippen LogP contribution in [-0.4, -0.2) is 12.3 Å². The molecule has 0 unspecified atom stereocenters. The Morgan fingerprint density at radius 3 is 2.79 bits per heavy atom. The first-order valence-electron chi connectivity index (χ1n) is 4.29. The Labute approximate surface area is 90.4 Å². The minimum absolute atomic E-state index is 0.0336. The maximum absolute atomic E-state index is 13.2. The van der Waals surface area contributed by atoms with Crippen molar-refractivity contribution < 1.29 is 9.18 Å². The van der Waals surface area contributed by atoms with Gasteiger partial charge in [0.25, 0.3) is 0 Å². The number of carbonyl (C=O) groups is 1. The van der Waals surface area contributed by atoms with Gasteiger partial charge in [0, 0.05) is 17.3 Å². The highest BCUT2D eigenvalue weighted by Gasteiger charge is 2.07. The first kappa shape index (κ1) is 11.3. The summed E-state index contributed by atoms with van der Waals surface area (Å²) in [6.07, 6.45) is 0.422. The predicted molar refractivity (Wildman–Crippen MR) is 56.5 cm³/mol. The van der Waals surface area contributed by atoms with Crippen molar-refractivity contribution in [1.82, 2.24) is 0 Å². The van der Waals surface area contributed by atoms with Crippen LogP contribution >= 0.6 is 15.9 Å². The third kappa shape index (κ3) is 3.20. The van der Waals surface area contributed by atoms with Gasteiger partial charge in [-0.05, 0) is 24.2 Å². The number of carbonyl (C=O) groups excluding carboxylic acids is 1. The zero-order valence-electron chi connectivity index (χ0n) is 7.59. The SMILES string of the molecule is NCCC(=O)Cc1ccc(Br)cc1F. The molecule has 1 aromatic carbocycles. The molecular weight excluding hydrogens is 249 g/mol. The molecule has 0 radical (unpaired) electrons. The van der Waals surface area contributed by atoms with Crippen LogP contribution in [0.15, 0.2) is 22.7 Å². The summed E-state index contributed by atoms with van der Waals surface area (Å²) in [5, 5.41) is 0. The van der Waals surface area contributed by atoms with Crippen LogP contribution in [-0.2, 0) is 11.2 Å². The molecule has 0 heterocycles. The van der Waals surface area contributed by atoms with Gasteiger partial charge < -0.3 is 5.73 Å². The highest BCUT2D eigenvalue weighted by molar-refractivity contribution is 9.10. The fourth-order valence-electron chi connectivity index (χ4n) is 1.13. The summed E-state index contributed by atoms with van der Waals surface area (Å²) in [5.41, 5.74) is 5.65. The number of halogens is 2. The second-order valence-corrected chi connectivity index (χ2v) is 3.91. The minimum atomic E-state index is -0.357. The van der Waals surface area contributed by atoms with Crippen LogP contribution in [0.4, 0.5) is 4.39 Å². The maximum atomic E-state index is 13.2. The minimum Gasteiger partial charge on any atom is -0.330 e. The van der Waals surface area contributed by atoms with E-state index in [1.54, 1.807) is 12.1 Å². The van der Waals surface area contributed by atoms with Gasteiger partial charge in [0.1, 0.15) is 11.6 Å². The van der Waals surface area contributed by atoms with Crippen LogP contribution in [0.2, 0.25) is 0 Å². The molecule has 0 aliphatic rings. The van der Waals surface area contributed by atoms with Gasteiger partial charge in [-0.1, -0.05) is 22.0 Å². The van der Waals surface area contributed by atoms with Gasteiger partial charge in [-0.15, -0.1) is 0 Å². The van der Waals surface area contributed by atoms with E-state index in [1.807, 2.05) is 0 Å². The van der Waals surface area contributed by atoms with E-state index < -0.39 is 0 Å². The number of Topliss-reactive ketones (excluding diaryl/α,β-unsaturated/α-hetero) is 1. The summed E-state index contributed by atoms with van der Waals surface area (Å²) >= 11 is 3.15. The summed E-state index contributed by atoms with van der Waals surface area (Å²) in [6.45, 7) is 0.316. The molecule has 0 fully saturated rings. The van der Waals surface area contributed by atoms with E-state index in [0.29, 0.717) is 23.0 Å². The van der Waals surface area contributed by atoms with Gasteiger partial charge in [-0.25, -0.2) is 4.39 Å². The van der Waals surface area contributed by atoms with Crippen LogP contribution in [0.1, 0.15) is 12.0 Å². The molecular formula is C10H11BrFNO. The Morgan fingerprint density at radius 2 is 2.21 bits per heavy atom. The van der Waals surface area contributed by atoms with Gasteiger partial charge in [0.05, 0.1) is 0 Å². The van der Waals surface area contributed by atoms with Crippen LogP contribution in [0, 0.1) is 5.82 Å². The summed E-state index contributed by atoms with van der Waals surface area (Å²) < 4.78 is 13.9. The predicted octanol–water partition coefficient (Wildman–Crippen LogP) is 2.05. The lowest BCUT2D eigenvalue weighted by atomic mass is 10.1. The van der Waals surface area contributed by atoms with Crippen molar-refractivity contribution in [2.45, 2.75) is 12.8 Å². The molecule has 2 N–H and O–H groups in total. The van der Waals surface area contributed by atoms with Crippen LogP contribution in [0.25, 0.3) is 0 Å². The standard InChI is InChI=1S/C10H11BrFNO/c11-8-2-1-7(10(12)6-8)5-9(14)3-4-13/h1-2,6H,3-5,13H2. The average Bonchev–Trinajstić information content (AvgIpc) is 2.10. The van der Waals surface area contributed by atoms with E-state index in [0.717, 1.165) is 0 Å². The number of ketones is 1. The van der Waals surface area contributed by atoms with Crippen LogP contribution in [0.3, 0.4) is 0 Å². The lowest BCUT2D eigenvalue weighted by Gasteiger charge is -2.02. The second-order valence-electron chi connectivity index (χ2n) is 2.99. The molecule has 4 heteroatoms. The van der Waals surface area contributed by atoms with Crippen LogP contribution in [0.5, 0.6) is 0 Å². The van der Waals surface area contributed by atoms with Crippen molar-refractivity contribution in [3.63, 3.8) is 0 Å². The molecule has 14 heavy (non-hydrogen) atoms. The van der Waals surface area contributed by atoms with Crippen molar-refractivity contribution in [3.8, 4) is 0 Å².